The first-order valence-electron chi connectivity index (χ1n) is 11.4. The van der Waals surface area contributed by atoms with Gasteiger partial charge in [-0.2, -0.15) is 0 Å². The predicted octanol–water partition coefficient (Wildman–Crippen LogP) is 1.99. The number of benzene rings is 1. The summed E-state index contributed by atoms with van der Waals surface area (Å²) in [4.78, 5) is 40.6. The molecule has 178 valence electrons. The minimum Gasteiger partial charge on any atom is -0.463 e. The molecule has 1 aliphatic heterocycles. The molecule has 1 aliphatic rings. The first kappa shape index (κ1) is 24.5. The van der Waals surface area contributed by atoms with Gasteiger partial charge in [0.25, 0.3) is 0 Å². The summed E-state index contributed by atoms with van der Waals surface area (Å²) in [6, 6.07) is 11.4. The number of carbonyl (C=O) groups excluding carboxylic acids is 3. The summed E-state index contributed by atoms with van der Waals surface area (Å²) < 4.78 is 5.84. The average molecular weight is 455 g/mol. The van der Waals surface area contributed by atoms with E-state index in [0.717, 1.165) is 5.56 Å². The lowest BCUT2D eigenvalue weighted by Crippen LogP contribution is -2.56. The number of nitrogens with zero attached hydrogens (tertiary/aromatic N) is 1. The molecule has 8 nitrogen and oxygen atoms in total. The van der Waals surface area contributed by atoms with Crippen LogP contribution in [0, 0.1) is 5.92 Å². The smallest absolute Gasteiger partial charge is 0.243 e. The fourth-order valence-corrected chi connectivity index (χ4v) is 3.84. The van der Waals surface area contributed by atoms with E-state index in [-0.39, 0.29) is 30.2 Å². The highest BCUT2D eigenvalue weighted by atomic mass is 16.3. The van der Waals surface area contributed by atoms with Crippen LogP contribution in [-0.2, 0) is 33.9 Å². The zero-order valence-electron chi connectivity index (χ0n) is 19.8. The number of rotatable bonds is 4. The van der Waals surface area contributed by atoms with Crippen molar-refractivity contribution in [1.29, 1.82) is 0 Å². The Hall–Kier alpha value is -3.13. The Labute approximate surface area is 195 Å². The molecule has 0 spiro atoms. The molecule has 0 saturated heterocycles. The van der Waals surface area contributed by atoms with Crippen LogP contribution in [0.2, 0.25) is 0 Å². The maximum absolute atomic E-state index is 13.4. The molecule has 0 fully saturated rings. The topological polar surface area (TPSA) is 104 Å². The van der Waals surface area contributed by atoms with Crippen molar-refractivity contribution in [3.05, 3.63) is 59.5 Å². The third-order valence-electron chi connectivity index (χ3n) is 5.91. The van der Waals surface area contributed by atoms with Gasteiger partial charge in [0.05, 0.1) is 19.1 Å². The van der Waals surface area contributed by atoms with Gasteiger partial charge in [-0.25, -0.2) is 0 Å². The lowest BCUT2D eigenvalue weighted by Gasteiger charge is -2.30. The van der Waals surface area contributed by atoms with Gasteiger partial charge in [0.1, 0.15) is 23.6 Å². The van der Waals surface area contributed by atoms with Crippen LogP contribution in [0.4, 0.5) is 0 Å². The molecule has 8 heteroatoms. The largest absolute Gasteiger partial charge is 0.463 e. The second-order valence-electron chi connectivity index (χ2n) is 9.02. The van der Waals surface area contributed by atoms with Gasteiger partial charge >= 0.3 is 0 Å². The minimum atomic E-state index is -0.736. The van der Waals surface area contributed by atoms with Crippen LogP contribution < -0.4 is 16.0 Å². The van der Waals surface area contributed by atoms with Crippen LogP contribution in [0.1, 0.15) is 44.3 Å². The van der Waals surface area contributed by atoms with E-state index in [2.05, 4.69) is 16.0 Å². The second kappa shape index (κ2) is 11.1. The van der Waals surface area contributed by atoms with E-state index in [0.29, 0.717) is 30.9 Å². The van der Waals surface area contributed by atoms with Crippen LogP contribution in [-0.4, -0.2) is 47.8 Å². The van der Waals surface area contributed by atoms with Gasteiger partial charge in [-0.05, 0) is 43.4 Å². The third-order valence-corrected chi connectivity index (χ3v) is 5.91. The Balaban J connectivity index is 1.88. The highest BCUT2D eigenvalue weighted by Gasteiger charge is 2.31. The summed E-state index contributed by atoms with van der Waals surface area (Å²) in [5.41, 5.74) is 1.01. The molecule has 2 bridgehead atoms. The Morgan fingerprint density at radius 2 is 1.64 bits per heavy atom. The third kappa shape index (κ3) is 6.68. The van der Waals surface area contributed by atoms with Crippen LogP contribution in [0.3, 0.4) is 0 Å². The SMILES string of the molecule is CC(C)C[C@@H]1NC(=O)[C@H](C)N(C)C(=O)[C@H](Cc2ccccc2)NCc2ccc(o2)CNC1=O. The van der Waals surface area contributed by atoms with E-state index in [1.807, 2.05) is 50.2 Å². The van der Waals surface area contributed by atoms with Gasteiger partial charge in [0.15, 0.2) is 0 Å². The molecule has 3 rings (SSSR count). The van der Waals surface area contributed by atoms with Gasteiger partial charge < -0.3 is 20.0 Å². The van der Waals surface area contributed by atoms with E-state index in [1.54, 1.807) is 20.0 Å². The summed E-state index contributed by atoms with van der Waals surface area (Å²) in [5, 5.41) is 8.98. The fourth-order valence-electron chi connectivity index (χ4n) is 3.84. The van der Waals surface area contributed by atoms with E-state index < -0.39 is 18.1 Å². The van der Waals surface area contributed by atoms with Crippen molar-refractivity contribution in [2.75, 3.05) is 7.05 Å². The van der Waals surface area contributed by atoms with Gasteiger partial charge in [0.2, 0.25) is 17.7 Å². The standard InChI is InChI=1S/C25H34N4O4/c1-16(2)12-21-24(31)27-15-20-11-10-19(33-20)14-26-22(13-18-8-6-5-7-9-18)25(32)29(4)17(3)23(30)28-21/h5-11,16-17,21-22,26H,12-15H2,1-4H3,(H,27,31)(H,28,30)/t17-,21-,22-/m0/s1. The zero-order valence-corrected chi connectivity index (χ0v) is 19.8. The number of carbonyl (C=O) groups is 3. The molecular weight excluding hydrogens is 420 g/mol. The first-order valence-corrected chi connectivity index (χ1v) is 11.4. The Bertz CT molecular complexity index is 956. The number of fused-ring (bicyclic) bond motifs is 2. The monoisotopic (exact) mass is 454 g/mol. The minimum absolute atomic E-state index is 0.201. The van der Waals surface area contributed by atoms with Crippen LogP contribution in [0.15, 0.2) is 46.9 Å². The molecule has 0 saturated carbocycles. The molecule has 2 aromatic rings. The predicted molar refractivity (Wildman–Crippen MR) is 125 cm³/mol. The van der Waals surface area contributed by atoms with Gasteiger partial charge in [-0.15, -0.1) is 0 Å². The quantitative estimate of drug-likeness (QED) is 0.656. The van der Waals surface area contributed by atoms with E-state index in [4.69, 9.17) is 4.42 Å². The molecule has 0 unspecified atom stereocenters. The summed E-state index contributed by atoms with van der Waals surface area (Å²) >= 11 is 0. The van der Waals surface area contributed by atoms with Crippen molar-refractivity contribution >= 4 is 17.7 Å². The van der Waals surface area contributed by atoms with E-state index >= 15 is 0 Å². The molecule has 3 atom stereocenters. The van der Waals surface area contributed by atoms with Crippen LogP contribution in [0.25, 0.3) is 0 Å². The molecular formula is C25H34N4O4. The van der Waals surface area contributed by atoms with Crippen LogP contribution >= 0.6 is 0 Å². The van der Waals surface area contributed by atoms with Crippen molar-refractivity contribution in [3.8, 4) is 0 Å². The maximum Gasteiger partial charge on any atom is 0.243 e. The molecule has 33 heavy (non-hydrogen) atoms. The second-order valence-corrected chi connectivity index (χ2v) is 9.02. The van der Waals surface area contributed by atoms with Gasteiger partial charge in [0, 0.05) is 7.05 Å². The summed E-state index contributed by atoms with van der Waals surface area (Å²) in [7, 11) is 1.62. The zero-order chi connectivity index (χ0) is 24.0. The Kier molecular flexibility index (Phi) is 8.27. The van der Waals surface area contributed by atoms with Crippen LogP contribution in [0.5, 0.6) is 0 Å². The van der Waals surface area contributed by atoms with Crippen molar-refractivity contribution in [2.45, 2.75) is 64.8 Å². The number of hydrogen-bond donors (Lipinski definition) is 3. The Morgan fingerprint density at radius 1 is 0.970 bits per heavy atom. The lowest BCUT2D eigenvalue weighted by atomic mass is 10.0. The highest BCUT2D eigenvalue weighted by molar-refractivity contribution is 5.92. The van der Waals surface area contributed by atoms with Crippen molar-refractivity contribution in [1.82, 2.24) is 20.9 Å². The first-order chi connectivity index (χ1) is 15.7. The summed E-state index contributed by atoms with van der Waals surface area (Å²) in [6.07, 6.45) is 0.964. The number of likely N-dealkylation sites (N-methyl/N-ethyl adjacent to an activating group) is 1. The van der Waals surface area contributed by atoms with E-state index in [9.17, 15) is 14.4 Å². The molecule has 3 N–H and O–H groups in total. The van der Waals surface area contributed by atoms with Gasteiger partial charge in [-0.3, -0.25) is 19.7 Å². The lowest BCUT2D eigenvalue weighted by molar-refractivity contribution is -0.141. The number of amides is 3. The maximum atomic E-state index is 13.4. The molecule has 0 aliphatic carbocycles. The van der Waals surface area contributed by atoms with E-state index in [1.165, 1.54) is 4.90 Å². The number of furan rings is 1. The highest BCUT2D eigenvalue weighted by Crippen LogP contribution is 2.13. The number of nitrogens with one attached hydrogen (secondary N) is 3. The van der Waals surface area contributed by atoms with Crippen molar-refractivity contribution in [2.24, 2.45) is 5.92 Å². The molecule has 3 amide bonds. The number of hydrogen-bond acceptors (Lipinski definition) is 5. The molecule has 0 radical (unpaired) electrons. The summed E-state index contributed by atoms with van der Waals surface area (Å²) in [5.74, 6) is 0.649. The average Bonchev–Trinajstić information content (AvgIpc) is 3.25. The normalized spacial score (nSPS) is 23.0. The van der Waals surface area contributed by atoms with Crippen molar-refractivity contribution < 1.29 is 18.8 Å². The van der Waals surface area contributed by atoms with Gasteiger partial charge in [-0.1, -0.05) is 44.2 Å². The molecule has 2 heterocycles. The molecule has 1 aromatic heterocycles. The fraction of sp³-hybridized carbons (Fsp3) is 0.480. The molecule has 1 aromatic carbocycles. The summed E-state index contributed by atoms with van der Waals surface area (Å²) in [6.45, 7) is 6.24. The van der Waals surface area contributed by atoms with Crippen molar-refractivity contribution in [3.63, 3.8) is 0 Å². The Morgan fingerprint density at radius 3 is 2.30 bits per heavy atom.